The first-order valence-electron chi connectivity index (χ1n) is 7.23. The Hall–Kier alpha value is -1.79. The average Bonchev–Trinajstić information content (AvgIpc) is 3.00. The Bertz CT molecular complexity index is 770. The van der Waals surface area contributed by atoms with E-state index in [1.54, 1.807) is 0 Å². The van der Waals surface area contributed by atoms with Gasteiger partial charge >= 0.3 is 0 Å². The molecule has 21 heavy (non-hydrogen) atoms. The predicted molar refractivity (Wildman–Crippen MR) is 82.3 cm³/mol. The van der Waals surface area contributed by atoms with Gasteiger partial charge in [-0.3, -0.25) is 0 Å². The van der Waals surface area contributed by atoms with Crippen molar-refractivity contribution in [2.45, 2.75) is 37.6 Å². The second kappa shape index (κ2) is 4.61. The van der Waals surface area contributed by atoms with Crippen molar-refractivity contribution in [3.8, 4) is 0 Å². The Morgan fingerprint density at radius 3 is 2.67 bits per heavy atom. The van der Waals surface area contributed by atoms with E-state index in [0.717, 1.165) is 21.4 Å². The largest absolute Gasteiger partial charge is 0.316 e. The van der Waals surface area contributed by atoms with Gasteiger partial charge in [-0.05, 0) is 25.3 Å². The Labute approximate surface area is 126 Å². The van der Waals surface area contributed by atoms with Gasteiger partial charge in [0.25, 0.3) is 0 Å². The number of nitrogens with zero attached hydrogens (tertiary/aromatic N) is 4. The number of benzene rings is 1. The molecule has 108 valence electrons. The molecular formula is C15H17N5S. The van der Waals surface area contributed by atoms with Crippen LogP contribution in [-0.4, -0.2) is 19.8 Å². The highest BCUT2D eigenvalue weighted by Crippen LogP contribution is 2.37. The lowest BCUT2D eigenvalue weighted by atomic mass is 9.85. The lowest BCUT2D eigenvalue weighted by molar-refractivity contribution is 0.394. The van der Waals surface area contributed by atoms with Crippen molar-refractivity contribution >= 4 is 16.3 Å². The van der Waals surface area contributed by atoms with E-state index in [1.807, 2.05) is 41.8 Å². The molecule has 1 aliphatic rings. The van der Waals surface area contributed by atoms with Crippen molar-refractivity contribution in [1.29, 1.82) is 0 Å². The lowest BCUT2D eigenvalue weighted by Crippen LogP contribution is -2.34. The molecule has 1 aliphatic carbocycles. The summed E-state index contributed by atoms with van der Waals surface area (Å²) in [5.41, 5.74) is 6.99. The lowest BCUT2D eigenvalue weighted by Gasteiger charge is -2.23. The van der Waals surface area contributed by atoms with Crippen LogP contribution in [0.15, 0.2) is 30.3 Å². The quantitative estimate of drug-likeness (QED) is 0.807. The summed E-state index contributed by atoms with van der Waals surface area (Å²) in [5, 5.41) is 14.1. The number of nitrogens with two attached hydrogens (primary N) is 1. The van der Waals surface area contributed by atoms with Crippen LogP contribution in [-0.2, 0) is 5.54 Å². The Morgan fingerprint density at radius 2 is 2.00 bits per heavy atom. The van der Waals surface area contributed by atoms with Gasteiger partial charge in [-0.2, -0.15) is 9.61 Å². The molecule has 0 saturated heterocycles. The fraction of sp³-hybridized carbons (Fsp3) is 0.400. The summed E-state index contributed by atoms with van der Waals surface area (Å²) >= 11 is 1.53. The maximum atomic E-state index is 6.54. The summed E-state index contributed by atoms with van der Waals surface area (Å²) in [4.78, 5) is 0.833. The van der Waals surface area contributed by atoms with E-state index in [2.05, 4.69) is 10.2 Å². The zero-order valence-electron chi connectivity index (χ0n) is 11.9. The van der Waals surface area contributed by atoms with Crippen LogP contribution in [0.4, 0.5) is 0 Å². The molecule has 0 radical (unpaired) electrons. The van der Waals surface area contributed by atoms with Crippen molar-refractivity contribution in [3.63, 3.8) is 0 Å². The smallest absolute Gasteiger partial charge is 0.234 e. The fourth-order valence-electron chi connectivity index (χ4n) is 2.67. The van der Waals surface area contributed by atoms with Crippen molar-refractivity contribution in [3.05, 3.63) is 46.7 Å². The van der Waals surface area contributed by atoms with Crippen LogP contribution in [0.3, 0.4) is 0 Å². The van der Waals surface area contributed by atoms with Crippen molar-refractivity contribution in [1.82, 2.24) is 19.8 Å². The maximum absolute atomic E-state index is 6.54. The van der Waals surface area contributed by atoms with Gasteiger partial charge in [-0.25, -0.2) is 0 Å². The van der Waals surface area contributed by atoms with Gasteiger partial charge in [0, 0.05) is 5.92 Å². The Balaban J connectivity index is 1.78. The van der Waals surface area contributed by atoms with E-state index in [0.29, 0.717) is 5.92 Å². The molecule has 5 nitrogen and oxygen atoms in total. The molecule has 1 saturated carbocycles. The number of fused-ring (bicyclic) bond motifs is 1. The van der Waals surface area contributed by atoms with Crippen LogP contribution in [0, 0.1) is 0 Å². The average molecular weight is 299 g/mol. The highest BCUT2D eigenvalue weighted by molar-refractivity contribution is 7.16. The summed E-state index contributed by atoms with van der Waals surface area (Å²) in [7, 11) is 0. The van der Waals surface area contributed by atoms with E-state index < -0.39 is 5.54 Å². The summed E-state index contributed by atoms with van der Waals surface area (Å²) < 4.78 is 1.89. The number of aromatic nitrogens is 4. The van der Waals surface area contributed by atoms with Gasteiger partial charge in [0.15, 0.2) is 5.82 Å². The molecule has 0 amide bonds. The Morgan fingerprint density at radius 1 is 1.24 bits per heavy atom. The molecular weight excluding hydrogens is 282 g/mol. The van der Waals surface area contributed by atoms with E-state index in [9.17, 15) is 0 Å². The predicted octanol–water partition coefficient (Wildman–Crippen LogP) is 2.68. The number of rotatable bonds is 3. The summed E-state index contributed by atoms with van der Waals surface area (Å²) in [6.07, 6.45) is 3.65. The van der Waals surface area contributed by atoms with Crippen molar-refractivity contribution in [2.75, 3.05) is 0 Å². The first-order valence-corrected chi connectivity index (χ1v) is 8.05. The zero-order valence-corrected chi connectivity index (χ0v) is 12.7. The molecule has 1 fully saturated rings. The monoisotopic (exact) mass is 299 g/mol. The van der Waals surface area contributed by atoms with E-state index in [1.165, 1.54) is 30.6 Å². The first kappa shape index (κ1) is 12.9. The molecule has 0 aliphatic heterocycles. The van der Waals surface area contributed by atoms with Crippen LogP contribution in [0.5, 0.6) is 0 Å². The van der Waals surface area contributed by atoms with Gasteiger partial charge < -0.3 is 5.73 Å². The first-order chi connectivity index (χ1) is 10.2. The standard InChI is InChI=1S/C15H17N5S/c1-15(16,11-8-3-2-4-9-11)13-19-20-12(10-6-5-7-10)17-18-14(20)21-13/h2-4,8-10H,5-7,16H2,1H3. The SMILES string of the molecule is CC(N)(c1ccccc1)c1nn2c(C3CCC3)nnc2s1. The molecule has 6 heteroatoms. The van der Waals surface area contributed by atoms with Crippen LogP contribution in [0.1, 0.15) is 48.5 Å². The normalized spacial score (nSPS) is 18.6. The molecule has 4 rings (SSSR count). The van der Waals surface area contributed by atoms with E-state index in [-0.39, 0.29) is 0 Å². The minimum absolute atomic E-state index is 0.510. The third-order valence-corrected chi connectivity index (χ3v) is 5.44. The molecule has 0 bridgehead atoms. The molecule has 1 unspecified atom stereocenters. The minimum atomic E-state index is -0.608. The van der Waals surface area contributed by atoms with Crippen LogP contribution < -0.4 is 5.73 Å². The highest BCUT2D eigenvalue weighted by atomic mass is 32.1. The maximum Gasteiger partial charge on any atom is 0.234 e. The minimum Gasteiger partial charge on any atom is -0.316 e. The number of hydrogen-bond donors (Lipinski definition) is 1. The summed E-state index contributed by atoms with van der Waals surface area (Å²) in [6.45, 7) is 2.00. The molecule has 0 spiro atoms. The molecule has 2 aromatic heterocycles. The van der Waals surface area contributed by atoms with Crippen molar-refractivity contribution in [2.24, 2.45) is 5.73 Å². The fourth-order valence-corrected chi connectivity index (χ4v) is 3.60. The van der Waals surface area contributed by atoms with Gasteiger partial charge in [-0.1, -0.05) is 48.1 Å². The van der Waals surface area contributed by atoms with Gasteiger partial charge in [-0.15, -0.1) is 10.2 Å². The molecule has 2 N–H and O–H groups in total. The van der Waals surface area contributed by atoms with Gasteiger partial charge in [0.1, 0.15) is 5.01 Å². The molecule has 1 atom stereocenters. The van der Waals surface area contributed by atoms with Crippen LogP contribution >= 0.6 is 11.3 Å². The summed E-state index contributed by atoms with van der Waals surface area (Å²) in [5.74, 6) is 1.50. The molecule has 1 aromatic carbocycles. The van der Waals surface area contributed by atoms with Crippen LogP contribution in [0.25, 0.3) is 4.96 Å². The third kappa shape index (κ3) is 1.98. The number of hydrogen-bond acceptors (Lipinski definition) is 5. The highest BCUT2D eigenvalue weighted by Gasteiger charge is 2.31. The summed E-state index contributed by atoms with van der Waals surface area (Å²) in [6, 6.07) is 10.1. The molecule has 2 heterocycles. The van der Waals surface area contributed by atoms with Crippen LogP contribution in [0.2, 0.25) is 0 Å². The van der Waals surface area contributed by atoms with E-state index in [4.69, 9.17) is 10.8 Å². The van der Waals surface area contributed by atoms with Gasteiger partial charge in [0.2, 0.25) is 4.96 Å². The Kier molecular flexibility index (Phi) is 2.83. The third-order valence-electron chi connectivity index (χ3n) is 4.30. The molecule has 3 aromatic rings. The second-order valence-electron chi connectivity index (χ2n) is 5.86. The topological polar surface area (TPSA) is 69.1 Å². The van der Waals surface area contributed by atoms with Crippen molar-refractivity contribution < 1.29 is 0 Å². The van der Waals surface area contributed by atoms with Gasteiger partial charge in [0.05, 0.1) is 5.54 Å². The zero-order chi connectivity index (χ0) is 14.4. The second-order valence-corrected chi connectivity index (χ2v) is 6.81. The van der Waals surface area contributed by atoms with E-state index >= 15 is 0 Å².